The Labute approximate surface area is 108 Å². The fourth-order valence-electron chi connectivity index (χ4n) is 1.31. The first-order valence-electron chi connectivity index (χ1n) is 5.95. The van der Waals surface area contributed by atoms with Crippen molar-refractivity contribution in [3.63, 3.8) is 0 Å². The monoisotopic (exact) mass is 255 g/mol. The Morgan fingerprint density at radius 3 is 3.12 bits per heavy atom. The van der Waals surface area contributed by atoms with Gasteiger partial charge in [-0.1, -0.05) is 6.92 Å². The van der Waals surface area contributed by atoms with Crippen molar-refractivity contribution in [2.24, 2.45) is 0 Å². The van der Waals surface area contributed by atoms with E-state index in [1.807, 2.05) is 24.0 Å². The van der Waals surface area contributed by atoms with Crippen molar-refractivity contribution in [1.29, 1.82) is 0 Å². The van der Waals surface area contributed by atoms with Crippen LogP contribution >= 0.6 is 11.8 Å². The summed E-state index contributed by atoms with van der Waals surface area (Å²) in [5.41, 5.74) is 1.04. The van der Waals surface area contributed by atoms with E-state index in [9.17, 15) is 0 Å². The molecule has 0 spiro atoms. The van der Waals surface area contributed by atoms with Crippen LogP contribution in [0.2, 0.25) is 0 Å². The van der Waals surface area contributed by atoms with Gasteiger partial charge in [-0.2, -0.15) is 11.8 Å². The summed E-state index contributed by atoms with van der Waals surface area (Å²) in [6, 6.07) is 1.95. The standard InChI is InChI=1S/C12H21N3OS/c1-3-8-17-10-12-14-5-4-11(15-12)9-13-6-7-16-2/h4-5,13H,3,6-10H2,1-2H3. The Hall–Kier alpha value is -0.650. The third kappa shape index (κ3) is 6.61. The summed E-state index contributed by atoms with van der Waals surface area (Å²) in [7, 11) is 1.70. The summed E-state index contributed by atoms with van der Waals surface area (Å²) in [5.74, 6) is 2.99. The van der Waals surface area contributed by atoms with Crippen LogP contribution in [0.4, 0.5) is 0 Å². The highest BCUT2D eigenvalue weighted by Gasteiger charge is 1.99. The van der Waals surface area contributed by atoms with Gasteiger partial charge >= 0.3 is 0 Å². The molecule has 1 rings (SSSR count). The molecule has 1 aromatic heterocycles. The average molecular weight is 255 g/mol. The van der Waals surface area contributed by atoms with E-state index in [4.69, 9.17) is 4.74 Å². The predicted molar refractivity (Wildman–Crippen MR) is 72.1 cm³/mol. The number of methoxy groups -OCH3 is 1. The van der Waals surface area contributed by atoms with Crippen LogP contribution in [0.5, 0.6) is 0 Å². The maximum Gasteiger partial charge on any atom is 0.138 e. The lowest BCUT2D eigenvalue weighted by Crippen LogP contribution is -2.19. The molecule has 0 atom stereocenters. The fraction of sp³-hybridized carbons (Fsp3) is 0.667. The minimum atomic E-state index is 0.726. The molecule has 1 heterocycles. The highest BCUT2D eigenvalue weighted by Crippen LogP contribution is 2.09. The van der Waals surface area contributed by atoms with Crippen molar-refractivity contribution in [3.8, 4) is 0 Å². The molecule has 0 saturated carbocycles. The molecule has 0 unspecified atom stereocenters. The van der Waals surface area contributed by atoms with Crippen LogP contribution in [-0.2, 0) is 17.0 Å². The molecule has 0 radical (unpaired) electrons. The summed E-state index contributed by atoms with van der Waals surface area (Å²) in [6.07, 6.45) is 3.03. The van der Waals surface area contributed by atoms with Crippen molar-refractivity contribution in [2.75, 3.05) is 26.0 Å². The molecule has 0 fully saturated rings. The molecule has 1 N–H and O–H groups in total. The van der Waals surface area contributed by atoms with E-state index >= 15 is 0 Å². The van der Waals surface area contributed by atoms with Crippen LogP contribution in [0.25, 0.3) is 0 Å². The molecule has 0 aliphatic rings. The number of nitrogens with zero attached hydrogens (tertiary/aromatic N) is 2. The highest BCUT2D eigenvalue weighted by atomic mass is 32.2. The lowest BCUT2D eigenvalue weighted by atomic mass is 10.4. The molecule has 0 bridgehead atoms. The predicted octanol–water partition coefficient (Wildman–Crippen LogP) is 1.86. The van der Waals surface area contributed by atoms with Crippen molar-refractivity contribution >= 4 is 11.8 Å². The average Bonchev–Trinajstić information content (AvgIpc) is 2.36. The van der Waals surface area contributed by atoms with Gasteiger partial charge < -0.3 is 10.1 Å². The Bertz CT molecular complexity index is 310. The molecule has 96 valence electrons. The van der Waals surface area contributed by atoms with Crippen molar-refractivity contribution < 1.29 is 4.74 Å². The zero-order valence-corrected chi connectivity index (χ0v) is 11.4. The zero-order chi connectivity index (χ0) is 12.3. The van der Waals surface area contributed by atoms with Gasteiger partial charge in [-0.15, -0.1) is 0 Å². The van der Waals surface area contributed by atoms with Crippen LogP contribution in [0.3, 0.4) is 0 Å². The van der Waals surface area contributed by atoms with Crippen LogP contribution in [0, 0.1) is 0 Å². The summed E-state index contributed by atoms with van der Waals surface area (Å²) >= 11 is 1.88. The first kappa shape index (κ1) is 14.4. The molecule has 4 nitrogen and oxygen atoms in total. The molecule has 0 aliphatic carbocycles. The minimum absolute atomic E-state index is 0.726. The Balaban J connectivity index is 2.31. The van der Waals surface area contributed by atoms with Gasteiger partial charge in [0, 0.05) is 26.4 Å². The van der Waals surface area contributed by atoms with Gasteiger partial charge in [-0.25, -0.2) is 9.97 Å². The van der Waals surface area contributed by atoms with E-state index in [0.717, 1.165) is 37.0 Å². The molecule has 17 heavy (non-hydrogen) atoms. The maximum atomic E-state index is 4.97. The second-order valence-corrected chi connectivity index (χ2v) is 4.79. The topological polar surface area (TPSA) is 47.0 Å². The van der Waals surface area contributed by atoms with Crippen LogP contribution in [0.15, 0.2) is 12.3 Å². The molecular formula is C12H21N3OS. The fourth-order valence-corrected chi connectivity index (χ4v) is 2.06. The largest absolute Gasteiger partial charge is 0.383 e. The Kier molecular flexibility index (Phi) is 7.96. The normalized spacial score (nSPS) is 10.7. The van der Waals surface area contributed by atoms with E-state index in [1.54, 1.807) is 7.11 Å². The molecule has 5 heteroatoms. The van der Waals surface area contributed by atoms with Crippen molar-refractivity contribution in [3.05, 3.63) is 23.8 Å². The summed E-state index contributed by atoms with van der Waals surface area (Å²) in [4.78, 5) is 8.78. The van der Waals surface area contributed by atoms with Gasteiger partial charge in [0.2, 0.25) is 0 Å². The van der Waals surface area contributed by atoms with Gasteiger partial charge in [0.25, 0.3) is 0 Å². The van der Waals surface area contributed by atoms with Crippen LogP contribution < -0.4 is 5.32 Å². The van der Waals surface area contributed by atoms with E-state index in [-0.39, 0.29) is 0 Å². The second kappa shape index (κ2) is 9.39. The van der Waals surface area contributed by atoms with Gasteiger partial charge in [-0.3, -0.25) is 0 Å². The third-order valence-electron chi connectivity index (χ3n) is 2.13. The van der Waals surface area contributed by atoms with Crippen molar-refractivity contribution in [1.82, 2.24) is 15.3 Å². The van der Waals surface area contributed by atoms with Gasteiger partial charge in [-0.05, 0) is 18.2 Å². The van der Waals surface area contributed by atoms with E-state index in [1.165, 1.54) is 12.2 Å². The van der Waals surface area contributed by atoms with Crippen LogP contribution in [0.1, 0.15) is 24.9 Å². The van der Waals surface area contributed by atoms with Gasteiger partial charge in [0.1, 0.15) is 5.82 Å². The maximum absolute atomic E-state index is 4.97. The lowest BCUT2D eigenvalue weighted by Gasteiger charge is -2.05. The summed E-state index contributed by atoms with van der Waals surface area (Å²) in [5, 5.41) is 3.28. The first-order chi connectivity index (χ1) is 8.36. The lowest BCUT2D eigenvalue weighted by molar-refractivity contribution is 0.199. The van der Waals surface area contributed by atoms with E-state index in [0.29, 0.717) is 0 Å². The zero-order valence-electron chi connectivity index (χ0n) is 10.6. The Morgan fingerprint density at radius 1 is 1.47 bits per heavy atom. The quantitative estimate of drug-likeness (QED) is 0.682. The van der Waals surface area contributed by atoms with Gasteiger partial charge in [0.15, 0.2) is 0 Å². The number of hydrogen-bond acceptors (Lipinski definition) is 5. The molecule has 1 aromatic rings. The molecule has 0 amide bonds. The van der Waals surface area contributed by atoms with Crippen LogP contribution in [-0.4, -0.2) is 36.0 Å². The minimum Gasteiger partial charge on any atom is -0.383 e. The molecule has 0 aromatic carbocycles. The van der Waals surface area contributed by atoms with Gasteiger partial charge in [0.05, 0.1) is 18.1 Å². The number of nitrogens with one attached hydrogen (secondary N) is 1. The van der Waals surface area contributed by atoms with Crippen molar-refractivity contribution in [2.45, 2.75) is 25.6 Å². The molecule has 0 saturated heterocycles. The number of aromatic nitrogens is 2. The SMILES string of the molecule is CCCSCc1nccc(CNCCOC)n1. The smallest absolute Gasteiger partial charge is 0.138 e. The molecular weight excluding hydrogens is 234 g/mol. The highest BCUT2D eigenvalue weighted by molar-refractivity contribution is 7.98. The van der Waals surface area contributed by atoms with E-state index in [2.05, 4.69) is 22.2 Å². The molecule has 0 aliphatic heterocycles. The number of hydrogen-bond donors (Lipinski definition) is 1. The second-order valence-electron chi connectivity index (χ2n) is 3.69. The summed E-state index contributed by atoms with van der Waals surface area (Å²) < 4.78 is 4.97. The van der Waals surface area contributed by atoms with E-state index < -0.39 is 0 Å². The summed E-state index contributed by atoms with van der Waals surface area (Å²) in [6.45, 7) is 4.53. The number of thioether (sulfide) groups is 1. The number of ether oxygens (including phenoxy) is 1. The third-order valence-corrected chi connectivity index (χ3v) is 3.29. The Morgan fingerprint density at radius 2 is 2.35 bits per heavy atom. The first-order valence-corrected chi connectivity index (χ1v) is 7.10. The number of rotatable bonds is 9.